The molecule has 0 aliphatic rings. The van der Waals surface area contributed by atoms with Gasteiger partial charge in [-0.2, -0.15) is 0 Å². The number of anilines is 1. The Hall–Kier alpha value is -3.62. The molecule has 1 aromatic heterocycles. The highest BCUT2D eigenvalue weighted by Gasteiger charge is 2.27. The number of pyridine rings is 1. The molecule has 0 aliphatic heterocycles. The highest BCUT2D eigenvalue weighted by molar-refractivity contribution is 6.07. The summed E-state index contributed by atoms with van der Waals surface area (Å²) in [6.07, 6.45) is 0. The number of H-pyrrole nitrogens is 1. The summed E-state index contributed by atoms with van der Waals surface area (Å²) in [7, 11) is 0. The number of aromatic carboxylic acids is 2. The molecule has 2 aromatic rings. The first-order chi connectivity index (χ1) is 12.0. The summed E-state index contributed by atoms with van der Waals surface area (Å²) in [5.41, 5.74) is 4.08. The van der Waals surface area contributed by atoms with Gasteiger partial charge in [0.15, 0.2) is 0 Å². The number of nitrogen functional groups attached to an aromatic ring is 1. The zero-order valence-electron chi connectivity index (χ0n) is 14.2. The van der Waals surface area contributed by atoms with Crippen LogP contribution in [0.15, 0.2) is 16.9 Å². The first-order valence-electron chi connectivity index (χ1n) is 7.37. The molecule has 2 rings (SSSR count). The molecule has 26 heavy (non-hydrogen) atoms. The van der Waals surface area contributed by atoms with Crippen molar-refractivity contribution in [3.8, 4) is 16.9 Å². The Balaban J connectivity index is 2.92. The Labute approximate surface area is 147 Å². The molecule has 0 amide bonds. The maximum atomic E-state index is 12.1. The van der Waals surface area contributed by atoms with Gasteiger partial charge in [0, 0.05) is 12.5 Å². The van der Waals surface area contributed by atoms with Crippen LogP contribution in [0.25, 0.3) is 11.1 Å². The molecule has 136 valence electrons. The van der Waals surface area contributed by atoms with E-state index in [1.54, 1.807) is 13.8 Å². The van der Waals surface area contributed by atoms with Gasteiger partial charge in [-0.05, 0) is 42.7 Å². The standard InChI is InChI=1S/C17H16N2O7/c1-6-4-9(5-7(2)13(6)26-8(3)20)10-11(16(22)23)14(18)19-15(21)12(10)17(24)25/h4-5H,1-3H3,(H,22,23)(H,24,25)(H3,18,19,21). The van der Waals surface area contributed by atoms with E-state index >= 15 is 0 Å². The fourth-order valence-corrected chi connectivity index (χ4v) is 2.73. The lowest BCUT2D eigenvalue weighted by atomic mass is 9.92. The van der Waals surface area contributed by atoms with Gasteiger partial charge in [-0.25, -0.2) is 9.59 Å². The number of carboxylic acid groups (broad SMARTS) is 2. The number of nitrogens with two attached hydrogens (primary N) is 1. The minimum Gasteiger partial charge on any atom is -0.478 e. The quantitative estimate of drug-likeness (QED) is 0.472. The van der Waals surface area contributed by atoms with Crippen molar-refractivity contribution in [2.45, 2.75) is 20.8 Å². The number of nitrogens with one attached hydrogen (secondary N) is 1. The number of esters is 1. The molecule has 5 N–H and O–H groups in total. The fraction of sp³-hybridized carbons (Fsp3) is 0.176. The van der Waals surface area contributed by atoms with Crippen molar-refractivity contribution >= 4 is 23.7 Å². The van der Waals surface area contributed by atoms with E-state index < -0.39 is 40.4 Å². The number of hydrogen-bond acceptors (Lipinski definition) is 6. The molecule has 0 fully saturated rings. The van der Waals surface area contributed by atoms with Crippen LogP contribution in [-0.4, -0.2) is 33.1 Å². The molecule has 0 spiro atoms. The second-order valence-electron chi connectivity index (χ2n) is 5.64. The van der Waals surface area contributed by atoms with Gasteiger partial charge in [-0.3, -0.25) is 9.59 Å². The largest absolute Gasteiger partial charge is 0.478 e. The van der Waals surface area contributed by atoms with E-state index in [0.29, 0.717) is 11.1 Å². The van der Waals surface area contributed by atoms with Crippen LogP contribution in [0.4, 0.5) is 5.82 Å². The van der Waals surface area contributed by atoms with Gasteiger partial charge in [0.05, 0.1) is 0 Å². The Morgan fingerprint density at radius 1 is 1.04 bits per heavy atom. The Bertz CT molecular complexity index is 982. The first kappa shape index (κ1) is 18.7. The van der Waals surface area contributed by atoms with Gasteiger partial charge < -0.3 is 25.7 Å². The van der Waals surface area contributed by atoms with Crippen LogP contribution >= 0.6 is 0 Å². The van der Waals surface area contributed by atoms with Crippen LogP contribution in [0.3, 0.4) is 0 Å². The molecule has 0 unspecified atom stereocenters. The van der Waals surface area contributed by atoms with Gasteiger partial charge in [0.1, 0.15) is 22.7 Å². The molecule has 0 saturated heterocycles. The van der Waals surface area contributed by atoms with Crippen LogP contribution in [0.1, 0.15) is 38.8 Å². The molecular formula is C17H16N2O7. The monoisotopic (exact) mass is 360 g/mol. The highest BCUT2D eigenvalue weighted by atomic mass is 16.5. The van der Waals surface area contributed by atoms with Crippen molar-refractivity contribution < 1.29 is 29.3 Å². The topological polar surface area (TPSA) is 160 Å². The maximum Gasteiger partial charge on any atom is 0.342 e. The number of carbonyl (C=O) groups is 3. The zero-order valence-corrected chi connectivity index (χ0v) is 14.2. The number of carboxylic acids is 2. The lowest BCUT2D eigenvalue weighted by Crippen LogP contribution is -2.24. The predicted molar refractivity (Wildman–Crippen MR) is 91.6 cm³/mol. The lowest BCUT2D eigenvalue weighted by molar-refractivity contribution is -0.131. The van der Waals surface area contributed by atoms with Crippen LogP contribution in [0.2, 0.25) is 0 Å². The minimum atomic E-state index is -1.59. The van der Waals surface area contributed by atoms with E-state index in [1.165, 1.54) is 19.1 Å². The summed E-state index contributed by atoms with van der Waals surface area (Å²) in [5.74, 6) is -3.81. The first-order valence-corrected chi connectivity index (χ1v) is 7.37. The molecule has 0 radical (unpaired) electrons. The van der Waals surface area contributed by atoms with Crippen molar-refractivity contribution in [1.29, 1.82) is 0 Å². The highest BCUT2D eigenvalue weighted by Crippen LogP contribution is 2.34. The Morgan fingerprint density at radius 2 is 1.54 bits per heavy atom. The van der Waals surface area contributed by atoms with Gasteiger partial charge in [0.2, 0.25) is 0 Å². The second-order valence-corrected chi connectivity index (χ2v) is 5.64. The molecule has 1 aromatic carbocycles. The molecular weight excluding hydrogens is 344 g/mol. The van der Waals surface area contributed by atoms with Gasteiger partial charge in [-0.15, -0.1) is 0 Å². The molecule has 0 atom stereocenters. The second kappa shape index (κ2) is 6.71. The number of aromatic amines is 1. The average Bonchev–Trinajstić information content (AvgIpc) is 2.48. The number of carbonyl (C=O) groups excluding carboxylic acids is 1. The summed E-state index contributed by atoms with van der Waals surface area (Å²) in [4.78, 5) is 48.5. The Kier molecular flexibility index (Phi) is 4.83. The van der Waals surface area contributed by atoms with Crippen LogP contribution < -0.4 is 16.0 Å². The van der Waals surface area contributed by atoms with Crippen molar-refractivity contribution in [1.82, 2.24) is 4.98 Å². The summed E-state index contributed by atoms with van der Waals surface area (Å²) >= 11 is 0. The summed E-state index contributed by atoms with van der Waals surface area (Å²) in [6, 6.07) is 2.86. The van der Waals surface area contributed by atoms with E-state index in [2.05, 4.69) is 0 Å². The van der Waals surface area contributed by atoms with Gasteiger partial charge >= 0.3 is 17.9 Å². The van der Waals surface area contributed by atoms with Crippen molar-refractivity contribution in [2.75, 3.05) is 5.73 Å². The third-order valence-corrected chi connectivity index (χ3v) is 3.67. The van der Waals surface area contributed by atoms with Crippen molar-refractivity contribution in [2.24, 2.45) is 0 Å². The maximum absolute atomic E-state index is 12.1. The predicted octanol–water partition coefficient (Wildman–Crippen LogP) is 1.56. The van der Waals surface area contributed by atoms with E-state index in [9.17, 15) is 29.4 Å². The third-order valence-electron chi connectivity index (χ3n) is 3.67. The average molecular weight is 360 g/mol. The molecule has 0 aliphatic carbocycles. The van der Waals surface area contributed by atoms with Crippen LogP contribution in [0, 0.1) is 13.8 Å². The molecule has 0 saturated carbocycles. The van der Waals surface area contributed by atoms with E-state index in [-0.39, 0.29) is 16.9 Å². The van der Waals surface area contributed by atoms with Crippen molar-refractivity contribution in [3.05, 3.63) is 44.7 Å². The van der Waals surface area contributed by atoms with Gasteiger partial charge in [-0.1, -0.05) is 0 Å². The number of hydrogen-bond donors (Lipinski definition) is 4. The number of ether oxygens (including phenoxy) is 1. The van der Waals surface area contributed by atoms with Crippen LogP contribution in [0.5, 0.6) is 5.75 Å². The number of rotatable bonds is 4. The normalized spacial score (nSPS) is 10.4. The molecule has 9 heteroatoms. The van der Waals surface area contributed by atoms with E-state index in [1.807, 2.05) is 4.98 Å². The molecule has 0 bridgehead atoms. The third kappa shape index (κ3) is 3.27. The number of aryl methyl sites for hydroxylation is 2. The SMILES string of the molecule is CC(=O)Oc1c(C)cc(-c2c(C(=O)O)c(N)[nH]c(=O)c2C(=O)O)cc1C. The zero-order chi connectivity index (χ0) is 19.8. The smallest absolute Gasteiger partial charge is 0.342 e. The lowest BCUT2D eigenvalue weighted by Gasteiger charge is -2.15. The fourth-order valence-electron chi connectivity index (χ4n) is 2.73. The van der Waals surface area contributed by atoms with Gasteiger partial charge in [0.25, 0.3) is 5.56 Å². The Morgan fingerprint density at radius 3 is 1.96 bits per heavy atom. The van der Waals surface area contributed by atoms with Crippen molar-refractivity contribution in [3.63, 3.8) is 0 Å². The summed E-state index contributed by atoms with van der Waals surface area (Å²) in [6.45, 7) is 4.44. The summed E-state index contributed by atoms with van der Waals surface area (Å²) < 4.78 is 5.11. The van der Waals surface area contributed by atoms with E-state index in [4.69, 9.17) is 10.5 Å². The molecule has 9 nitrogen and oxygen atoms in total. The number of benzene rings is 1. The van der Waals surface area contributed by atoms with Crippen LogP contribution in [-0.2, 0) is 4.79 Å². The summed E-state index contributed by atoms with van der Waals surface area (Å²) in [5, 5.41) is 18.8. The molecule has 1 heterocycles. The van der Waals surface area contributed by atoms with E-state index in [0.717, 1.165) is 0 Å². The minimum absolute atomic E-state index is 0.156. The number of aromatic nitrogens is 1.